The van der Waals surface area contributed by atoms with E-state index in [-0.39, 0.29) is 0 Å². The number of hydrogen-bond donors (Lipinski definition) is 0. The van der Waals surface area contributed by atoms with Gasteiger partial charge in [0.2, 0.25) is 0 Å². The maximum atomic E-state index is 13.3. The van der Waals surface area contributed by atoms with Crippen LogP contribution in [0.1, 0.15) is 6.42 Å². The zero-order chi connectivity index (χ0) is 23.9. The van der Waals surface area contributed by atoms with Gasteiger partial charge in [-0.15, -0.1) is 0 Å². The molecule has 0 aromatic rings. The summed E-state index contributed by atoms with van der Waals surface area (Å²) in [6, 6.07) is 0. The summed E-state index contributed by atoms with van der Waals surface area (Å²) in [5.41, 5.74) is 0. The summed E-state index contributed by atoms with van der Waals surface area (Å²) < 4.78 is 201. The molecule has 1 atom stereocenters. The molecule has 0 heterocycles. The topological polar surface area (TPSA) is 9.23 Å². The van der Waals surface area contributed by atoms with Crippen LogP contribution in [0.5, 0.6) is 0 Å². The highest BCUT2D eigenvalue weighted by molar-refractivity contribution is 14.1. The maximum absolute atomic E-state index is 13.3. The predicted octanol–water partition coefficient (Wildman–Crippen LogP) is 6.50. The van der Waals surface area contributed by atoms with Gasteiger partial charge in [0.15, 0.2) is 0 Å². The lowest BCUT2D eigenvalue weighted by Crippen LogP contribution is -2.61. The van der Waals surface area contributed by atoms with Crippen molar-refractivity contribution in [1.82, 2.24) is 0 Å². The number of ether oxygens (including phenoxy) is 1. The van der Waals surface area contributed by atoms with Gasteiger partial charge in [0, 0.05) is 10.3 Å². The van der Waals surface area contributed by atoms with Crippen LogP contribution in [-0.4, -0.2) is 59.1 Å². The van der Waals surface area contributed by atoms with Gasteiger partial charge in [-0.05, 0) is 0 Å². The van der Waals surface area contributed by atoms with Crippen molar-refractivity contribution >= 4 is 22.6 Å². The van der Waals surface area contributed by atoms with Crippen LogP contribution in [0.4, 0.5) is 70.2 Å². The van der Waals surface area contributed by atoms with Crippen molar-refractivity contribution in [1.29, 1.82) is 0 Å². The fraction of sp³-hybridized carbons (Fsp3) is 1.00. The summed E-state index contributed by atoms with van der Waals surface area (Å²) in [4.78, 5) is 0. The molecule has 0 spiro atoms. The van der Waals surface area contributed by atoms with Crippen molar-refractivity contribution in [3.8, 4) is 0 Å². The van der Waals surface area contributed by atoms with E-state index < -0.39 is 65.5 Å². The third-order valence-corrected chi connectivity index (χ3v) is 3.88. The summed E-state index contributed by atoms with van der Waals surface area (Å²) in [5.74, 6) is -32.9. The quantitative estimate of drug-likeness (QED) is 0.171. The minimum Gasteiger partial charge on any atom is -0.374 e. The van der Waals surface area contributed by atoms with Crippen molar-refractivity contribution in [3.05, 3.63) is 0 Å². The third kappa shape index (κ3) is 5.63. The summed E-state index contributed by atoms with van der Waals surface area (Å²) in [6.07, 6.45) is -16.4. The molecule has 0 aliphatic heterocycles. The largest absolute Gasteiger partial charge is 0.460 e. The van der Waals surface area contributed by atoms with Crippen LogP contribution in [0.2, 0.25) is 0 Å². The average Bonchev–Trinajstić information content (AvgIpc) is 2.43. The Bertz CT molecular complexity index is 550. The third-order valence-electron chi connectivity index (χ3n) is 3.09. The Labute approximate surface area is 163 Å². The minimum absolute atomic E-state index is 0.625. The molecule has 18 heteroatoms. The van der Waals surface area contributed by atoms with E-state index in [0.29, 0.717) is 22.6 Å². The van der Waals surface area contributed by atoms with Crippen molar-refractivity contribution in [2.75, 3.05) is 13.2 Å². The van der Waals surface area contributed by atoms with E-state index in [1.807, 2.05) is 0 Å². The van der Waals surface area contributed by atoms with Gasteiger partial charge < -0.3 is 4.74 Å². The van der Waals surface area contributed by atoms with Crippen molar-refractivity contribution in [2.24, 2.45) is 0 Å². The van der Waals surface area contributed by atoms with Crippen LogP contribution < -0.4 is 0 Å². The Hall–Kier alpha value is -0.430. The normalized spacial score (nSPS) is 16.9. The summed E-state index contributed by atoms with van der Waals surface area (Å²) in [7, 11) is 0. The molecule has 0 fully saturated rings. The van der Waals surface area contributed by atoms with E-state index in [1.165, 1.54) is 0 Å². The Balaban J connectivity index is 5.13. The first-order valence-electron chi connectivity index (χ1n) is 6.59. The van der Waals surface area contributed by atoms with Crippen molar-refractivity contribution in [3.63, 3.8) is 0 Å². The van der Waals surface area contributed by atoms with E-state index in [2.05, 4.69) is 4.74 Å². The molecule has 29 heavy (non-hydrogen) atoms. The SMILES string of the molecule is FC(F)(F)C(F)(F)C(F)(F)COCC(I)CC(F)(F)C(F)(F)C(F)(F)C(F)(F)F. The van der Waals surface area contributed by atoms with Gasteiger partial charge in [-0.25, -0.2) is 0 Å². The van der Waals surface area contributed by atoms with Crippen molar-refractivity contribution < 1.29 is 75.0 Å². The highest BCUT2D eigenvalue weighted by Gasteiger charge is 2.81. The monoisotopic (exact) mass is 586 g/mol. The second kappa shape index (κ2) is 8.25. The first-order chi connectivity index (χ1) is 12.4. The number of hydrogen-bond acceptors (Lipinski definition) is 1. The zero-order valence-electron chi connectivity index (χ0n) is 13.0. The van der Waals surface area contributed by atoms with Crippen molar-refractivity contribution in [2.45, 2.75) is 52.3 Å². The Morgan fingerprint density at radius 1 is 0.552 bits per heavy atom. The molecule has 0 rings (SSSR count). The van der Waals surface area contributed by atoms with Crippen LogP contribution in [-0.2, 0) is 4.74 Å². The second-order valence-electron chi connectivity index (χ2n) is 5.44. The number of halogens is 17. The summed E-state index contributed by atoms with van der Waals surface area (Å²) >= 11 is 0.625. The van der Waals surface area contributed by atoms with E-state index in [9.17, 15) is 70.2 Å². The first kappa shape index (κ1) is 28.6. The van der Waals surface area contributed by atoms with Gasteiger partial charge in [-0.3, -0.25) is 0 Å². The maximum Gasteiger partial charge on any atom is 0.460 e. The molecule has 0 bridgehead atoms. The Kier molecular flexibility index (Phi) is 8.13. The molecule has 0 aromatic carbocycles. The van der Waals surface area contributed by atoms with Crippen LogP contribution in [0, 0.1) is 0 Å². The standard InChI is InChI=1S/C11H7F16IO/c12-5(13,7(16,17)9(20,21)11(25,26)27)1-4(28)2-29-3-6(14,15)8(18,19)10(22,23)24/h4H,1-3H2. The first-order valence-corrected chi connectivity index (χ1v) is 7.84. The molecule has 0 amide bonds. The molecular formula is C11H7F16IO. The molecule has 1 nitrogen and oxygen atoms in total. The lowest BCUT2D eigenvalue weighted by Gasteiger charge is -2.34. The van der Waals surface area contributed by atoms with E-state index in [4.69, 9.17) is 0 Å². The van der Waals surface area contributed by atoms with Crippen LogP contribution >= 0.6 is 22.6 Å². The molecule has 1 unspecified atom stereocenters. The van der Waals surface area contributed by atoms with Crippen LogP contribution in [0.3, 0.4) is 0 Å². The molecular weight excluding hydrogens is 579 g/mol. The summed E-state index contributed by atoms with van der Waals surface area (Å²) in [5, 5.41) is 0. The number of alkyl halides is 17. The molecule has 0 aromatic heterocycles. The van der Waals surface area contributed by atoms with Crippen LogP contribution in [0.25, 0.3) is 0 Å². The highest BCUT2D eigenvalue weighted by Crippen LogP contribution is 2.54. The van der Waals surface area contributed by atoms with Gasteiger partial charge in [-0.1, -0.05) is 22.6 Å². The highest BCUT2D eigenvalue weighted by atomic mass is 127. The van der Waals surface area contributed by atoms with Gasteiger partial charge in [-0.2, -0.15) is 70.2 Å². The zero-order valence-corrected chi connectivity index (χ0v) is 15.2. The second-order valence-corrected chi connectivity index (χ2v) is 7.21. The lowest BCUT2D eigenvalue weighted by atomic mass is 10.00. The van der Waals surface area contributed by atoms with Crippen LogP contribution in [0.15, 0.2) is 0 Å². The molecule has 0 radical (unpaired) electrons. The number of rotatable bonds is 9. The molecule has 176 valence electrons. The molecule has 0 saturated heterocycles. The summed E-state index contributed by atoms with van der Waals surface area (Å²) in [6.45, 7) is -4.44. The molecule has 0 saturated carbocycles. The molecule has 0 aliphatic carbocycles. The fourth-order valence-electron chi connectivity index (χ4n) is 1.49. The smallest absolute Gasteiger partial charge is 0.374 e. The van der Waals surface area contributed by atoms with Gasteiger partial charge in [0.1, 0.15) is 6.61 Å². The fourth-order valence-corrected chi connectivity index (χ4v) is 2.29. The average molecular weight is 586 g/mol. The van der Waals surface area contributed by atoms with Gasteiger partial charge in [0.05, 0.1) is 6.61 Å². The molecule has 0 N–H and O–H groups in total. The van der Waals surface area contributed by atoms with E-state index in [0.717, 1.165) is 0 Å². The molecule has 0 aliphatic rings. The van der Waals surface area contributed by atoms with Gasteiger partial charge >= 0.3 is 42.0 Å². The minimum atomic E-state index is -7.21. The Morgan fingerprint density at radius 3 is 1.28 bits per heavy atom. The lowest BCUT2D eigenvalue weighted by molar-refractivity contribution is -0.396. The Morgan fingerprint density at radius 2 is 0.931 bits per heavy atom. The van der Waals surface area contributed by atoms with E-state index >= 15 is 0 Å². The predicted molar refractivity (Wildman–Crippen MR) is 70.1 cm³/mol. The van der Waals surface area contributed by atoms with Gasteiger partial charge in [0.25, 0.3) is 0 Å². The van der Waals surface area contributed by atoms with E-state index in [1.54, 1.807) is 0 Å².